The number of halogens is 2. The summed E-state index contributed by atoms with van der Waals surface area (Å²) in [5.41, 5.74) is 2.82. The minimum atomic E-state index is -0.326. The fourth-order valence-corrected chi connectivity index (χ4v) is 4.39. The summed E-state index contributed by atoms with van der Waals surface area (Å²) in [6.07, 6.45) is 3.33. The smallest absolute Gasteiger partial charge is 0.224 e. The average Bonchev–Trinajstić information content (AvgIpc) is 2.85. The number of ether oxygens (including phenoxy) is 1. The molecule has 1 unspecified atom stereocenters. The monoisotopic (exact) mass is 481 g/mol. The van der Waals surface area contributed by atoms with E-state index in [0.29, 0.717) is 17.4 Å². The van der Waals surface area contributed by atoms with Crippen LogP contribution in [0.5, 0.6) is 5.75 Å². The molecule has 1 atom stereocenters. The molecule has 0 spiro atoms. The number of carbonyl (C=O) groups is 1. The number of benzene rings is 2. The fraction of sp³-hybridized carbons (Fsp3) is 0.333. The number of hydrogen-bond donors (Lipinski definition) is 1. The third-order valence-electron chi connectivity index (χ3n) is 6.26. The van der Waals surface area contributed by atoms with Crippen molar-refractivity contribution in [2.24, 2.45) is 5.92 Å². The van der Waals surface area contributed by atoms with Gasteiger partial charge in [0.05, 0.1) is 11.7 Å². The molecule has 3 aromatic rings. The summed E-state index contributed by atoms with van der Waals surface area (Å²) in [7, 11) is 0. The zero-order valence-electron chi connectivity index (χ0n) is 19.2. The van der Waals surface area contributed by atoms with E-state index in [0.717, 1.165) is 49.3 Å². The Hall–Kier alpha value is -2.96. The highest BCUT2D eigenvalue weighted by molar-refractivity contribution is 6.30. The predicted molar refractivity (Wildman–Crippen MR) is 131 cm³/mol. The van der Waals surface area contributed by atoms with Gasteiger partial charge in [-0.25, -0.2) is 4.39 Å². The Balaban J connectivity index is 1.32. The van der Waals surface area contributed by atoms with Gasteiger partial charge in [0.2, 0.25) is 5.91 Å². The first-order chi connectivity index (χ1) is 16.5. The molecule has 0 aliphatic carbocycles. The van der Waals surface area contributed by atoms with E-state index in [1.165, 1.54) is 12.1 Å². The van der Waals surface area contributed by atoms with E-state index in [9.17, 15) is 9.18 Å². The molecule has 7 heteroatoms. The zero-order chi connectivity index (χ0) is 23.9. The number of likely N-dealkylation sites (tertiary alicyclic amines) is 1. The molecule has 1 amide bonds. The Morgan fingerprint density at radius 3 is 2.53 bits per heavy atom. The second-order valence-corrected chi connectivity index (χ2v) is 9.05. The van der Waals surface area contributed by atoms with Crippen LogP contribution in [0.15, 0.2) is 66.9 Å². The Kier molecular flexibility index (Phi) is 8.14. The predicted octanol–water partition coefficient (Wildman–Crippen LogP) is 5.18. The van der Waals surface area contributed by atoms with Gasteiger partial charge in [-0.3, -0.25) is 14.7 Å². The van der Waals surface area contributed by atoms with E-state index in [1.54, 1.807) is 18.3 Å². The maximum Gasteiger partial charge on any atom is 0.224 e. The first-order valence-electron chi connectivity index (χ1n) is 11.6. The van der Waals surface area contributed by atoms with Crippen molar-refractivity contribution in [3.63, 3.8) is 0 Å². The van der Waals surface area contributed by atoms with Crippen molar-refractivity contribution in [2.75, 3.05) is 26.2 Å². The summed E-state index contributed by atoms with van der Waals surface area (Å²) in [4.78, 5) is 20.1. The highest BCUT2D eigenvalue weighted by Crippen LogP contribution is 2.26. The van der Waals surface area contributed by atoms with Crippen molar-refractivity contribution < 1.29 is 13.9 Å². The highest BCUT2D eigenvalue weighted by Gasteiger charge is 2.28. The Bertz CT molecular complexity index is 1080. The molecular formula is C27H29ClFN3O2. The van der Waals surface area contributed by atoms with Crippen molar-refractivity contribution in [3.8, 4) is 5.75 Å². The van der Waals surface area contributed by atoms with Crippen LogP contribution in [0.25, 0.3) is 0 Å². The number of amides is 1. The number of nitrogens with one attached hydrogen (secondary N) is 1. The lowest BCUT2D eigenvalue weighted by molar-refractivity contribution is -0.127. The summed E-state index contributed by atoms with van der Waals surface area (Å²) in [6.45, 7) is 4.97. The van der Waals surface area contributed by atoms with Crippen LogP contribution in [0, 0.1) is 18.7 Å². The third kappa shape index (κ3) is 6.33. The van der Waals surface area contributed by atoms with Crippen LogP contribution in [0.2, 0.25) is 5.02 Å². The van der Waals surface area contributed by atoms with Crippen molar-refractivity contribution in [1.29, 1.82) is 0 Å². The van der Waals surface area contributed by atoms with Crippen LogP contribution in [-0.4, -0.2) is 42.0 Å². The summed E-state index contributed by atoms with van der Waals surface area (Å²) >= 11 is 6.08. The van der Waals surface area contributed by atoms with Gasteiger partial charge in [-0.15, -0.1) is 0 Å². The number of hydrogen-bond acceptors (Lipinski definition) is 4. The van der Waals surface area contributed by atoms with Gasteiger partial charge in [0.25, 0.3) is 0 Å². The Morgan fingerprint density at radius 1 is 1.15 bits per heavy atom. The van der Waals surface area contributed by atoms with Crippen LogP contribution in [0.3, 0.4) is 0 Å². The number of rotatable bonds is 8. The van der Waals surface area contributed by atoms with E-state index in [1.807, 2.05) is 43.3 Å². The molecule has 0 saturated carbocycles. The normalized spacial score (nSPS) is 15.6. The van der Waals surface area contributed by atoms with E-state index < -0.39 is 0 Å². The molecule has 34 heavy (non-hydrogen) atoms. The lowest BCUT2D eigenvalue weighted by Gasteiger charge is -2.32. The molecule has 1 aliphatic heterocycles. The molecule has 5 nitrogen and oxygen atoms in total. The number of aromatic nitrogens is 1. The van der Waals surface area contributed by atoms with Crippen LogP contribution >= 0.6 is 11.6 Å². The van der Waals surface area contributed by atoms with Gasteiger partial charge in [0.1, 0.15) is 18.2 Å². The molecule has 178 valence electrons. The zero-order valence-corrected chi connectivity index (χ0v) is 20.0. The van der Waals surface area contributed by atoms with Crippen molar-refractivity contribution >= 4 is 17.5 Å². The van der Waals surface area contributed by atoms with Crippen molar-refractivity contribution in [1.82, 2.24) is 15.2 Å². The minimum Gasteiger partial charge on any atom is -0.492 e. The first kappa shape index (κ1) is 24.2. The van der Waals surface area contributed by atoms with Gasteiger partial charge < -0.3 is 10.1 Å². The van der Waals surface area contributed by atoms with E-state index in [-0.39, 0.29) is 23.7 Å². The summed E-state index contributed by atoms with van der Waals surface area (Å²) in [5, 5.41) is 3.90. The number of aryl methyl sites for hydroxylation is 1. The lowest BCUT2D eigenvalue weighted by Crippen LogP contribution is -2.43. The summed E-state index contributed by atoms with van der Waals surface area (Å²) in [5.74, 6) is 0.387. The molecule has 1 saturated heterocycles. The largest absolute Gasteiger partial charge is 0.492 e. The van der Waals surface area contributed by atoms with E-state index in [2.05, 4.69) is 15.2 Å². The van der Waals surface area contributed by atoms with Crippen molar-refractivity contribution in [3.05, 3.63) is 94.5 Å². The third-order valence-corrected chi connectivity index (χ3v) is 6.51. The lowest BCUT2D eigenvalue weighted by atomic mass is 9.94. The van der Waals surface area contributed by atoms with Crippen LogP contribution in [0.4, 0.5) is 4.39 Å². The number of nitrogens with zero attached hydrogens (tertiary/aromatic N) is 2. The quantitative estimate of drug-likeness (QED) is 0.481. The molecule has 4 rings (SSSR count). The molecule has 1 fully saturated rings. The van der Waals surface area contributed by atoms with Crippen LogP contribution in [0.1, 0.15) is 35.7 Å². The average molecular weight is 482 g/mol. The van der Waals surface area contributed by atoms with Gasteiger partial charge in [-0.1, -0.05) is 29.8 Å². The van der Waals surface area contributed by atoms with Crippen LogP contribution < -0.4 is 10.1 Å². The molecule has 1 N–H and O–H groups in total. The van der Waals surface area contributed by atoms with Crippen LogP contribution in [-0.2, 0) is 4.79 Å². The Labute approximate surface area is 204 Å². The topological polar surface area (TPSA) is 54.5 Å². The van der Waals surface area contributed by atoms with E-state index >= 15 is 0 Å². The highest BCUT2D eigenvalue weighted by atomic mass is 35.5. The van der Waals surface area contributed by atoms with Crippen molar-refractivity contribution in [2.45, 2.75) is 25.8 Å². The van der Waals surface area contributed by atoms with Gasteiger partial charge in [-0.05, 0) is 86.4 Å². The number of piperidine rings is 1. The number of pyridine rings is 1. The summed E-state index contributed by atoms with van der Waals surface area (Å²) in [6, 6.07) is 17.2. The standard InChI is InChI=1S/C27H29ClFN3O2/c1-19-3-2-14-30-25(19)26(20-4-6-22(28)7-5-20)31-27(33)21-12-15-32(16-13-21)17-18-34-24-10-8-23(29)9-11-24/h2-11,14,21,26H,12-13,15-18H2,1H3,(H,31,33). The maximum absolute atomic E-state index is 13.2. The minimum absolute atomic E-state index is 0.0481. The second-order valence-electron chi connectivity index (χ2n) is 8.62. The molecule has 0 bridgehead atoms. The number of carbonyl (C=O) groups excluding carboxylic acids is 1. The summed E-state index contributed by atoms with van der Waals surface area (Å²) < 4.78 is 18.7. The maximum atomic E-state index is 13.2. The molecular weight excluding hydrogens is 453 g/mol. The molecule has 2 heterocycles. The fourth-order valence-electron chi connectivity index (χ4n) is 4.27. The molecule has 0 radical (unpaired) electrons. The Morgan fingerprint density at radius 2 is 1.85 bits per heavy atom. The van der Waals surface area contributed by atoms with Gasteiger partial charge in [0, 0.05) is 23.7 Å². The molecule has 1 aromatic heterocycles. The SMILES string of the molecule is Cc1cccnc1C(NC(=O)C1CCN(CCOc2ccc(F)cc2)CC1)c1ccc(Cl)cc1. The van der Waals surface area contributed by atoms with Gasteiger partial charge in [0.15, 0.2) is 0 Å². The molecule has 2 aromatic carbocycles. The second kappa shape index (κ2) is 11.4. The van der Waals surface area contributed by atoms with E-state index in [4.69, 9.17) is 16.3 Å². The molecule has 1 aliphatic rings. The van der Waals surface area contributed by atoms with Gasteiger partial charge in [-0.2, -0.15) is 0 Å². The van der Waals surface area contributed by atoms with Gasteiger partial charge >= 0.3 is 0 Å². The first-order valence-corrected chi connectivity index (χ1v) is 12.0.